The van der Waals surface area contributed by atoms with Crippen molar-refractivity contribution in [2.75, 3.05) is 6.54 Å². The van der Waals surface area contributed by atoms with Crippen molar-refractivity contribution in [2.45, 2.75) is 38.6 Å². The summed E-state index contributed by atoms with van der Waals surface area (Å²) in [5.74, 6) is 0.217. The van der Waals surface area contributed by atoms with Crippen molar-refractivity contribution in [3.8, 4) is 0 Å². The van der Waals surface area contributed by atoms with Crippen LogP contribution in [0.15, 0.2) is 24.3 Å². The van der Waals surface area contributed by atoms with Gasteiger partial charge in [0.2, 0.25) is 5.91 Å². The van der Waals surface area contributed by atoms with E-state index in [0.717, 1.165) is 6.42 Å². The van der Waals surface area contributed by atoms with Crippen LogP contribution in [0.5, 0.6) is 0 Å². The lowest BCUT2D eigenvalue weighted by atomic mass is 9.76. The second-order valence-corrected chi connectivity index (χ2v) is 5.82. The summed E-state index contributed by atoms with van der Waals surface area (Å²) in [6.07, 6.45) is 1.44. The third-order valence-corrected chi connectivity index (χ3v) is 3.86. The number of rotatable bonds is 5. The number of carbonyl (C=O) groups excluding carboxylic acids is 1. The molecule has 1 aliphatic rings. The van der Waals surface area contributed by atoms with Crippen LogP contribution in [0.4, 0.5) is 0 Å². The highest BCUT2D eigenvalue weighted by Gasteiger charge is 2.35. The fourth-order valence-corrected chi connectivity index (χ4v) is 2.62. The van der Waals surface area contributed by atoms with Crippen molar-refractivity contribution in [1.82, 2.24) is 4.90 Å². The van der Waals surface area contributed by atoms with Crippen molar-refractivity contribution < 1.29 is 4.79 Å². The summed E-state index contributed by atoms with van der Waals surface area (Å²) in [4.78, 5) is 14.9. The van der Waals surface area contributed by atoms with Gasteiger partial charge < -0.3 is 10.6 Å². The highest BCUT2D eigenvalue weighted by molar-refractivity contribution is 7.80. The van der Waals surface area contributed by atoms with Crippen molar-refractivity contribution in [3.63, 3.8) is 0 Å². The van der Waals surface area contributed by atoms with Gasteiger partial charge in [-0.3, -0.25) is 4.79 Å². The standard InChI is InChI=1S/C15H20N2OS/c1-10(2)17(8-7-14(16)19)15(18)13-9-11-5-3-4-6-12(11)13/h3-6,10,13H,7-9H2,1-2H3,(H2,16,19). The number of thiocarbonyl (C=S) groups is 1. The predicted octanol–water partition coefficient (Wildman–Crippen LogP) is 2.24. The fraction of sp³-hybridized carbons (Fsp3) is 0.467. The van der Waals surface area contributed by atoms with Crippen LogP contribution in [-0.4, -0.2) is 28.4 Å². The maximum Gasteiger partial charge on any atom is 0.230 e. The minimum absolute atomic E-state index is 0.0185. The minimum Gasteiger partial charge on any atom is -0.393 e. The first-order valence-corrected chi connectivity index (χ1v) is 7.08. The monoisotopic (exact) mass is 276 g/mol. The fourth-order valence-electron chi connectivity index (χ4n) is 2.53. The van der Waals surface area contributed by atoms with E-state index < -0.39 is 0 Å². The van der Waals surface area contributed by atoms with Gasteiger partial charge in [0.1, 0.15) is 0 Å². The van der Waals surface area contributed by atoms with Crippen molar-refractivity contribution in [2.24, 2.45) is 5.73 Å². The highest BCUT2D eigenvalue weighted by Crippen LogP contribution is 2.36. The summed E-state index contributed by atoms with van der Waals surface area (Å²) in [6, 6.07) is 8.33. The summed E-state index contributed by atoms with van der Waals surface area (Å²) < 4.78 is 0. The van der Waals surface area contributed by atoms with E-state index in [-0.39, 0.29) is 17.9 Å². The van der Waals surface area contributed by atoms with E-state index in [4.69, 9.17) is 18.0 Å². The molecule has 2 N–H and O–H groups in total. The molecule has 0 spiro atoms. The van der Waals surface area contributed by atoms with E-state index in [9.17, 15) is 4.79 Å². The smallest absolute Gasteiger partial charge is 0.230 e. The summed E-state index contributed by atoms with van der Waals surface area (Å²) in [5.41, 5.74) is 8.00. The second-order valence-electron chi connectivity index (χ2n) is 5.30. The Morgan fingerprint density at radius 3 is 2.74 bits per heavy atom. The number of fused-ring (bicyclic) bond motifs is 1. The summed E-state index contributed by atoms with van der Waals surface area (Å²) in [5, 5.41) is 0. The first-order valence-electron chi connectivity index (χ1n) is 6.67. The van der Waals surface area contributed by atoms with Crippen LogP contribution in [0.25, 0.3) is 0 Å². The van der Waals surface area contributed by atoms with Crippen LogP contribution < -0.4 is 5.73 Å². The van der Waals surface area contributed by atoms with Crippen molar-refractivity contribution in [3.05, 3.63) is 35.4 Å². The van der Waals surface area contributed by atoms with Gasteiger partial charge in [-0.2, -0.15) is 0 Å². The van der Waals surface area contributed by atoms with E-state index in [1.807, 2.05) is 36.9 Å². The molecule has 102 valence electrons. The molecule has 0 bridgehead atoms. The van der Waals surface area contributed by atoms with Gasteiger partial charge in [-0.15, -0.1) is 0 Å². The van der Waals surface area contributed by atoms with Gasteiger partial charge in [-0.05, 0) is 31.4 Å². The van der Waals surface area contributed by atoms with Gasteiger partial charge in [-0.1, -0.05) is 36.5 Å². The van der Waals surface area contributed by atoms with Gasteiger partial charge >= 0.3 is 0 Å². The Kier molecular flexibility index (Phi) is 4.20. The average molecular weight is 276 g/mol. The summed E-state index contributed by atoms with van der Waals surface area (Å²) in [7, 11) is 0. The lowest BCUT2D eigenvalue weighted by Crippen LogP contribution is -2.44. The Hall–Kier alpha value is -1.42. The number of nitrogens with zero attached hydrogens (tertiary/aromatic N) is 1. The minimum atomic E-state index is 0.0185. The van der Waals surface area contributed by atoms with Gasteiger partial charge in [-0.25, -0.2) is 0 Å². The second kappa shape index (κ2) is 5.70. The maximum absolute atomic E-state index is 12.6. The van der Waals surface area contributed by atoms with E-state index >= 15 is 0 Å². The van der Waals surface area contributed by atoms with E-state index in [2.05, 4.69) is 6.07 Å². The molecule has 0 saturated carbocycles. The van der Waals surface area contributed by atoms with Crippen LogP contribution in [-0.2, 0) is 11.2 Å². The van der Waals surface area contributed by atoms with Crippen LogP contribution in [0.1, 0.15) is 37.3 Å². The Balaban J connectivity index is 2.07. The molecule has 1 amide bonds. The number of benzene rings is 1. The van der Waals surface area contributed by atoms with Crippen LogP contribution >= 0.6 is 12.2 Å². The SMILES string of the molecule is CC(C)N(CCC(N)=S)C(=O)C1Cc2ccccc21. The number of nitrogens with two attached hydrogens (primary N) is 1. The first-order chi connectivity index (χ1) is 9.00. The average Bonchev–Trinajstić information content (AvgIpc) is 2.30. The molecule has 19 heavy (non-hydrogen) atoms. The molecule has 0 aromatic heterocycles. The maximum atomic E-state index is 12.6. The normalized spacial score (nSPS) is 16.7. The molecule has 4 heteroatoms. The molecule has 0 fully saturated rings. The number of hydrogen-bond donors (Lipinski definition) is 1. The third kappa shape index (κ3) is 2.95. The molecular weight excluding hydrogens is 256 g/mol. The third-order valence-electron chi connectivity index (χ3n) is 3.66. The Bertz CT molecular complexity index is 499. The molecule has 0 saturated heterocycles. The highest BCUT2D eigenvalue weighted by atomic mass is 32.1. The van der Waals surface area contributed by atoms with Gasteiger partial charge in [0.05, 0.1) is 10.9 Å². The molecule has 1 aliphatic carbocycles. The summed E-state index contributed by atoms with van der Waals surface area (Å²) >= 11 is 4.90. The van der Waals surface area contributed by atoms with Crippen LogP contribution in [0.3, 0.4) is 0 Å². The first kappa shape index (κ1) is 14.0. The summed E-state index contributed by atoms with van der Waals surface area (Å²) in [6.45, 7) is 4.68. The zero-order valence-corrected chi connectivity index (χ0v) is 12.2. The molecule has 0 heterocycles. The molecule has 3 nitrogen and oxygen atoms in total. The van der Waals surface area contributed by atoms with Crippen molar-refractivity contribution >= 4 is 23.1 Å². The Morgan fingerprint density at radius 2 is 2.16 bits per heavy atom. The number of amides is 1. The van der Waals surface area contributed by atoms with Gasteiger partial charge in [0.15, 0.2) is 0 Å². The molecule has 1 atom stereocenters. The van der Waals surface area contributed by atoms with Gasteiger partial charge in [0, 0.05) is 19.0 Å². The van der Waals surface area contributed by atoms with Crippen molar-refractivity contribution in [1.29, 1.82) is 0 Å². The van der Waals surface area contributed by atoms with E-state index in [0.29, 0.717) is 18.0 Å². The Morgan fingerprint density at radius 1 is 1.47 bits per heavy atom. The molecule has 2 rings (SSSR count). The van der Waals surface area contributed by atoms with E-state index in [1.165, 1.54) is 11.1 Å². The quantitative estimate of drug-likeness (QED) is 0.839. The molecular formula is C15H20N2OS. The number of hydrogen-bond acceptors (Lipinski definition) is 2. The predicted molar refractivity (Wildman–Crippen MR) is 81.1 cm³/mol. The lowest BCUT2D eigenvalue weighted by molar-refractivity contribution is -0.135. The zero-order chi connectivity index (χ0) is 14.0. The topological polar surface area (TPSA) is 46.3 Å². The Labute approximate surface area is 119 Å². The van der Waals surface area contributed by atoms with Crippen LogP contribution in [0.2, 0.25) is 0 Å². The lowest BCUT2D eigenvalue weighted by Gasteiger charge is -2.36. The molecule has 0 radical (unpaired) electrons. The molecule has 1 unspecified atom stereocenters. The van der Waals surface area contributed by atoms with Crippen LogP contribution in [0, 0.1) is 0 Å². The largest absolute Gasteiger partial charge is 0.393 e. The zero-order valence-electron chi connectivity index (χ0n) is 11.4. The van der Waals surface area contributed by atoms with E-state index in [1.54, 1.807) is 0 Å². The number of carbonyl (C=O) groups is 1. The molecule has 0 aliphatic heterocycles. The molecule has 1 aromatic carbocycles. The van der Waals surface area contributed by atoms with Gasteiger partial charge in [0.25, 0.3) is 0 Å². The molecule has 1 aromatic rings.